The van der Waals surface area contributed by atoms with E-state index in [0.717, 1.165) is 24.8 Å². The molecule has 8 heteroatoms. The van der Waals surface area contributed by atoms with Crippen LogP contribution in [-0.2, 0) is 16.0 Å². The Morgan fingerprint density at radius 2 is 1.65 bits per heavy atom. The zero-order valence-corrected chi connectivity index (χ0v) is 20.2. The molecular formula is C26H31FN4O2S. The number of nitrogens with one attached hydrogen (secondary N) is 2. The number of rotatable bonds is 13. The summed E-state index contributed by atoms with van der Waals surface area (Å²) in [6, 6.07) is 14.8. The number of nitrogens with zero attached hydrogens (tertiary/aromatic N) is 2. The molecule has 0 aliphatic heterocycles. The van der Waals surface area contributed by atoms with Gasteiger partial charge in [0.15, 0.2) is 0 Å². The molecule has 1 aromatic heterocycles. The summed E-state index contributed by atoms with van der Waals surface area (Å²) in [6.07, 6.45) is 7.33. The highest BCUT2D eigenvalue weighted by atomic mass is 32.1. The van der Waals surface area contributed by atoms with Gasteiger partial charge in [-0.3, -0.25) is 14.9 Å². The van der Waals surface area contributed by atoms with Crippen LogP contribution >= 0.6 is 11.3 Å². The maximum absolute atomic E-state index is 13.2. The molecule has 1 atom stereocenters. The average molecular weight is 483 g/mol. The van der Waals surface area contributed by atoms with Gasteiger partial charge in [-0.2, -0.15) is 0 Å². The Morgan fingerprint density at radius 1 is 0.941 bits per heavy atom. The molecule has 3 rings (SSSR count). The van der Waals surface area contributed by atoms with Gasteiger partial charge >= 0.3 is 0 Å². The molecule has 0 radical (unpaired) electrons. The number of carbonyl (C=O) groups is 2. The van der Waals surface area contributed by atoms with Gasteiger partial charge in [0.2, 0.25) is 16.9 Å². The van der Waals surface area contributed by atoms with Crippen molar-refractivity contribution in [1.82, 2.24) is 15.5 Å². The van der Waals surface area contributed by atoms with E-state index in [4.69, 9.17) is 0 Å². The van der Waals surface area contributed by atoms with Crippen LogP contribution in [0.15, 0.2) is 54.6 Å². The maximum Gasteiger partial charge on any atom is 0.249 e. The number of hydrogen-bond acceptors (Lipinski definition) is 5. The van der Waals surface area contributed by atoms with Crippen molar-refractivity contribution in [3.63, 3.8) is 0 Å². The number of carbonyl (C=O) groups excluding carboxylic acids is 2. The monoisotopic (exact) mass is 482 g/mol. The number of halogens is 1. The van der Waals surface area contributed by atoms with Crippen LogP contribution in [0, 0.1) is 5.82 Å². The van der Waals surface area contributed by atoms with Crippen molar-refractivity contribution in [3.05, 3.63) is 66.0 Å². The highest BCUT2D eigenvalue weighted by molar-refractivity contribution is 7.18. The SMILES string of the molecule is CCCCCCCCC(=O)N[C@H](Cc1ccccc1)C(=O)Nc1nnc(-c2ccc(F)cc2)s1. The molecule has 0 aliphatic carbocycles. The molecule has 0 saturated heterocycles. The van der Waals surface area contributed by atoms with Crippen molar-refractivity contribution >= 4 is 28.3 Å². The van der Waals surface area contributed by atoms with E-state index < -0.39 is 6.04 Å². The first-order valence-corrected chi connectivity index (χ1v) is 12.6. The molecule has 6 nitrogen and oxygen atoms in total. The van der Waals surface area contributed by atoms with E-state index in [1.807, 2.05) is 30.3 Å². The van der Waals surface area contributed by atoms with Gasteiger partial charge < -0.3 is 5.32 Å². The van der Waals surface area contributed by atoms with Gasteiger partial charge in [-0.1, -0.05) is 80.7 Å². The van der Waals surface area contributed by atoms with Crippen molar-refractivity contribution in [2.75, 3.05) is 5.32 Å². The quantitative estimate of drug-likeness (QED) is 0.303. The molecule has 0 aliphatic rings. The predicted molar refractivity (Wildman–Crippen MR) is 134 cm³/mol. The van der Waals surface area contributed by atoms with Gasteiger partial charge in [0, 0.05) is 18.4 Å². The highest BCUT2D eigenvalue weighted by Gasteiger charge is 2.22. The zero-order chi connectivity index (χ0) is 24.2. The summed E-state index contributed by atoms with van der Waals surface area (Å²) in [7, 11) is 0. The van der Waals surface area contributed by atoms with Crippen molar-refractivity contribution < 1.29 is 14.0 Å². The van der Waals surface area contributed by atoms with Crippen LogP contribution in [0.4, 0.5) is 9.52 Å². The van der Waals surface area contributed by atoms with Crippen molar-refractivity contribution in [1.29, 1.82) is 0 Å². The molecule has 0 fully saturated rings. The zero-order valence-electron chi connectivity index (χ0n) is 19.4. The fourth-order valence-electron chi connectivity index (χ4n) is 3.57. The molecule has 0 bridgehead atoms. The summed E-state index contributed by atoms with van der Waals surface area (Å²) >= 11 is 1.20. The van der Waals surface area contributed by atoms with E-state index in [2.05, 4.69) is 27.8 Å². The number of aromatic nitrogens is 2. The van der Waals surface area contributed by atoms with Gasteiger partial charge in [0.05, 0.1) is 0 Å². The number of amides is 2. The third-order valence-corrected chi connectivity index (χ3v) is 6.33. The molecular weight excluding hydrogens is 451 g/mol. The van der Waals surface area contributed by atoms with Crippen LogP contribution in [0.1, 0.15) is 57.4 Å². The van der Waals surface area contributed by atoms with Crippen LogP contribution in [0.5, 0.6) is 0 Å². The summed E-state index contributed by atoms with van der Waals surface area (Å²) in [5.41, 5.74) is 1.67. The largest absolute Gasteiger partial charge is 0.344 e. The molecule has 2 aromatic carbocycles. The lowest BCUT2D eigenvalue weighted by Gasteiger charge is -2.18. The third-order valence-electron chi connectivity index (χ3n) is 5.44. The fraction of sp³-hybridized carbons (Fsp3) is 0.385. The molecule has 0 saturated carbocycles. The lowest BCUT2D eigenvalue weighted by Crippen LogP contribution is -2.45. The lowest BCUT2D eigenvalue weighted by molar-refractivity contribution is -0.126. The van der Waals surface area contributed by atoms with Gasteiger partial charge in [-0.15, -0.1) is 10.2 Å². The van der Waals surface area contributed by atoms with Gasteiger partial charge in [0.25, 0.3) is 0 Å². The Morgan fingerprint density at radius 3 is 2.38 bits per heavy atom. The van der Waals surface area contributed by atoms with Crippen molar-refractivity contribution in [3.8, 4) is 10.6 Å². The molecule has 34 heavy (non-hydrogen) atoms. The molecule has 0 unspecified atom stereocenters. The summed E-state index contributed by atoms with van der Waals surface area (Å²) < 4.78 is 13.2. The second-order valence-electron chi connectivity index (χ2n) is 8.24. The Kier molecular flexibility index (Phi) is 10.2. The van der Waals surface area contributed by atoms with E-state index in [0.29, 0.717) is 28.5 Å². The number of benzene rings is 2. The highest BCUT2D eigenvalue weighted by Crippen LogP contribution is 2.26. The van der Waals surface area contributed by atoms with E-state index in [9.17, 15) is 14.0 Å². The summed E-state index contributed by atoms with van der Waals surface area (Å²) in [5.74, 6) is -0.806. The minimum atomic E-state index is -0.729. The first-order chi connectivity index (χ1) is 16.5. The Bertz CT molecular complexity index is 1040. The number of anilines is 1. The smallest absolute Gasteiger partial charge is 0.249 e. The van der Waals surface area contributed by atoms with Gasteiger partial charge in [-0.05, 0) is 36.2 Å². The maximum atomic E-state index is 13.2. The minimum absolute atomic E-state index is 0.129. The Labute approximate surface area is 204 Å². The Balaban J connectivity index is 1.60. The summed E-state index contributed by atoms with van der Waals surface area (Å²) in [5, 5.41) is 14.7. The predicted octanol–water partition coefficient (Wildman–Crippen LogP) is 5.76. The Hall–Kier alpha value is -3.13. The summed E-state index contributed by atoms with van der Waals surface area (Å²) in [4.78, 5) is 25.6. The fourth-order valence-corrected chi connectivity index (χ4v) is 4.32. The van der Waals surface area contributed by atoms with Gasteiger partial charge in [-0.25, -0.2) is 4.39 Å². The number of hydrogen-bond donors (Lipinski definition) is 2. The average Bonchev–Trinajstić information content (AvgIpc) is 3.30. The van der Waals surface area contributed by atoms with E-state index in [1.165, 1.54) is 42.7 Å². The van der Waals surface area contributed by atoms with Crippen LogP contribution in [0.25, 0.3) is 10.6 Å². The minimum Gasteiger partial charge on any atom is -0.344 e. The van der Waals surface area contributed by atoms with Crippen LogP contribution in [0.3, 0.4) is 0 Å². The van der Waals surface area contributed by atoms with Crippen LogP contribution in [0.2, 0.25) is 0 Å². The first-order valence-electron chi connectivity index (χ1n) is 11.8. The normalized spacial score (nSPS) is 11.7. The van der Waals surface area contributed by atoms with Crippen molar-refractivity contribution in [2.24, 2.45) is 0 Å². The lowest BCUT2D eigenvalue weighted by atomic mass is 10.0. The molecule has 1 heterocycles. The number of unbranched alkanes of at least 4 members (excludes halogenated alkanes) is 5. The van der Waals surface area contributed by atoms with Crippen LogP contribution < -0.4 is 10.6 Å². The van der Waals surface area contributed by atoms with E-state index >= 15 is 0 Å². The molecule has 180 valence electrons. The van der Waals surface area contributed by atoms with Crippen molar-refractivity contribution in [2.45, 2.75) is 64.3 Å². The molecule has 0 spiro atoms. The first kappa shape index (κ1) is 25.5. The molecule has 2 N–H and O–H groups in total. The standard InChI is InChI=1S/C26H31FN4O2S/c1-2-3-4-5-6-10-13-23(32)28-22(18-19-11-8-7-9-12-19)24(33)29-26-31-30-25(34-26)20-14-16-21(27)17-15-20/h7-9,11-12,14-17,22H,2-6,10,13,18H2,1H3,(H,28,32)(H,29,31,33)/t22-/m1/s1. The second-order valence-corrected chi connectivity index (χ2v) is 9.21. The van der Waals surface area contributed by atoms with E-state index in [1.54, 1.807) is 12.1 Å². The summed E-state index contributed by atoms with van der Waals surface area (Å²) in [6.45, 7) is 2.18. The van der Waals surface area contributed by atoms with E-state index in [-0.39, 0.29) is 17.6 Å². The van der Waals surface area contributed by atoms with Crippen LogP contribution in [-0.4, -0.2) is 28.1 Å². The molecule has 3 aromatic rings. The molecule has 2 amide bonds. The van der Waals surface area contributed by atoms with Gasteiger partial charge in [0.1, 0.15) is 16.9 Å². The topological polar surface area (TPSA) is 84.0 Å². The second kappa shape index (κ2) is 13.5. The third kappa shape index (κ3) is 8.33.